The van der Waals surface area contributed by atoms with E-state index >= 15 is 0 Å². The van der Waals surface area contributed by atoms with Gasteiger partial charge in [-0.3, -0.25) is 4.68 Å². The Kier molecular flexibility index (Phi) is 2.37. The molecule has 0 aliphatic carbocycles. The molecule has 5 nitrogen and oxygen atoms in total. The molecule has 0 saturated carbocycles. The summed E-state index contributed by atoms with van der Waals surface area (Å²) in [5.41, 5.74) is 5.58. The molecule has 2 fully saturated rings. The Morgan fingerprint density at radius 2 is 2.44 bits per heavy atom. The molecule has 5 heteroatoms. The van der Waals surface area contributed by atoms with Gasteiger partial charge in [0.2, 0.25) is 0 Å². The van der Waals surface area contributed by atoms with E-state index < -0.39 is 0 Å². The monoisotopic (exact) mass is 223 g/mol. The summed E-state index contributed by atoms with van der Waals surface area (Å²) in [7, 11) is 0. The van der Waals surface area contributed by atoms with Crippen LogP contribution in [0.3, 0.4) is 0 Å². The highest BCUT2D eigenvalue weighted by molar-refractivity contribution is 5.24. The zero-order valence-electron chi connectivity index (χ0n) is 9.26. The Hall–Kier alpha value is -1.07. The van der Waals surface area contributed by atoms with E-state index in [2.05, 4.69) is 5.10 Å². The van der Waals surface area contributed by atoms with Crippen molar-refractivity contribution in [2.24, 2.45) is 0 Å². The van der Waals surface area contributed by atoms with Crippen molar-refractivity contribution >= 4 is 5.82 Å². The maximum absolute atomic E-state index is 5.89. The largest absolute Gasteiger partial charge is 0.382 e. The van der Waals surface area contributed by atoms with Crippen LogP contribution in [0.25, 0.3) is 0 Å². The average molecular weight is 223 g/mol. The van der Waals surface area contributed by atoms with Gasteiger partial charge >= 0.3 is 0 Å². The molecule has 1 aromatic heterocycles. The second kappa shape index (κ2) is 3.75. The van der Waals surface area contributed by atoms with Crippen LogP contribution in [-0.4, -0.2) is 35.2 Å². The Morgan fingerprint density at radius 1 is 1.50 bits per heavy atom. The highest BCUT2D eigenvalue weighted by Gasteiger charge is 2.41. The molecule has 2 unspecified atom stereocenters. The minimum absolute atomic E-state index is 0.0658. The second-order valence-electron chi connectivity index (χ2n) is 4.70. The lowest BCUT2D eigenvalue weighted by Crippen LogP contribution is -2.41. The molecule has 2 N–H and O–H groups in total. The number of anilines is 1. The lowest BCUT2D eigenvalue weighted by atomic mass is 9.90. The molecule has 1 spiro atoms. The Balaban J connectivity index is 1.77. The molecular formula is C11H17N3O2. The van der Waals surface area contributed by atoms with E-state index in [0.717, 1.165) is 39.1 Å². The molecule has 2 saturated heterocycles. The van der Waals surface area contributed by atoms with Gasteiger partial charge in [0, 0.05) is 32.3 Å². The number of nitrogens with zero attached hydrogens (tertiary/aromatic N) is 2. The summed E-state index contributed by atoms with van der Waals surface area (Å²) >= 11 is 0. The molecule has 1 aromatic rings. The molecule has 3 heterocycles. The van der Waals surface area contributed by atoms with Crippen molar-refractivity contribution in [3.8, 4) is 0 Å². The number of hydrogen-bond acceptors (Lipinski definition) is 4. The normalized spacial score (nSPS) is 34.6. The maximum atomic E-state index is 5.89. The fourth-order valence-electron chi connectivity index (χ4n) is 2.65. The van der Waals surface area contributed by atoms with Crippen molar-refractivity contribution in [1.29, 1.82) is 0 Å². The van der Waals surface area contributed by atoms with Crippen LogP contribution < -0.4 is 5.73 Å². The summed E-state index contributed by atoms with van der Waals surface area (Å²) < 4.78 is 13.3. The molecule has 16 heavy (non-hydrogen) atoms. The zero-order chi connectivity index (χ0) is 11.0. The molecule has 0 radical (unpaired) electrons. The van der Waals surface area contributed by atoms with Crippen molar-refractivity contribution in [2.45, 2.75) is 30.9 Å². The molecule has 0 amide bonds. The van der Waals surface area contributed by atoms with Gasteiger partial charge in [0.15, 0.2) is 0 Å². The number of nitrogen functional groups attached to an aromatic ring is 1. The van der Waals surface area contributed by atoms with E-state index in [1.807, 2.05) is 16.9 Å². The van der Waals surface area contributed by atoms with Crippen LogP contribution in [0.1, 0.15) is 25.3 Å². The number of nitrogens with two attached hydrogens (primary N) is 1. The van der Waals surface area contributed by atoms with Crippen LogP contribution in [0.5, 0.6) is 0 Å². The maximum Gasteiger partial charge on any atom is 0.145 e. The van der Waals surface area contributed by atoms with Gasteiger partial charge in [0.25, 0.3) is 0 Å². The van der Waals surface area contributed by atoms with E-state index in [0.29, 0.717) is 11.9 Å². The average Bonchev–Trinajstić information content (AvgIpc) is 2.89. The van der Waals surface area contributed by atoms with Crippen LogP contribution in [0.4, 0.5) is 5.82 Å². The van der Waals surface area contributed by atoms with Crippen molar-refractivity contribution in [3.63, 3.8) is 0 Å². The first-order chi connectivity index (χ1) is 7.77. The van der Waals surface area contributed by atoms with Crippen LogP contribution in [0, 0.1) is 0 Å². The standard InChI is InChI=1S/C11H17N3O2/c12-10-1-4-14(13-10)9-2-5-16-11(7-9)3-6-15-8-11/h1,4,9H,2-3,5-8H2,(H2,12,13). The summed E-state index contributed by atoms with van der Waals surface area (Å²) in [6.45, 7) is 2.32. The molecule has 0 bridgehead atoms. The van der Waals surface area contributed by atoms with Crippen LogP contribution in [-0.2, 0) is 9.47 Å². The quantitative estimate of drug-likeness (QED) is 0.770. The van der Waals surface area contributed by atoms with Gasteiger partial charge in [-0.05, 0) is 12.5 Å². The predicted octanol–water partition coefficient (Wildman–Crippen LogP) is 0.976. The third kappa shape index (κ3) is 1.70. The first-order valence-electron chi connectivity index (χ1n) is 5.80. The summed E-state index contributed by atoms with van der Waals surface area (Å²) in [6.07, 6.45) is 4.94. The zero-order valence-corrected chi connectivity index (χ0v) is 9.26. The fourth-order valence-corrected chi connectivity index (χ4v) is 2.65. The molecular weight excluding hydrogens is 206 g/mol. The fraction of sp³-hybridized carbons (Fsp3) is 0.727. The van der Waals surface area contributed by atoms with Gasteiger partial charge < -0.3 is 15.2 Å². The van der Waals surface area contributed by atoms with E-state index in [4.69, 9.17) is 15.2 Å². The van der Waals surface area contributed by atoms with Crippen LogP contribution in [0.15, 0.2) is 12.3 Å². The van der Waals surface area contributed by atoms with Crippen molar-refractivity contribution in [1.82, 2.24) is 9.78 Å². The summed E-state index contributed by atoms with van der Waals surface area (Å²) in [6, 6.07) is 2.24. The van der Waals surface area contributed by atoms with Gasteiger partial charge in [-0.25, -0.2) is 0 Å². The highest BCUT2D eigenvalue weighted by atomic mass is 16.6. The molecule has 88 valence electrons. The molecule has 2 aliphatic heterocycles. The number of hydrogen-bond donors (Lipinski definition) is 1. The number of rotatable bonds is 1. The Morgan fingerprint density at radius 3 is 3.12 bits per heavy atom. The van der Waals surface area contributed by atoms with Gasteiger partial charge in [-0.15, -0.1) is 0 Å². The van der Waals surface area contributed by atoms with Gasteiger partial charge in [-0.1, -0.05) is 0 Å². The second-order valence-corrected chi connectivity index (χ2v) is 4.70. The first-order valence-corrected chi connectivity index (χ1v) is 5.80. The first kappa shape index (κ1) is 10.1. The van der Waals surface area contributed by atoms with Gasteiger partial charge in [0.1, 0.15) is 5.82 Å². The lowest BCUT2D eigenvalue weighted by Gasteiger charge is -2.37. The third-order valence-electron chi connectivity index (χ3n) is 3.54. The van der Waals surface area contributed by atoms with E-state index in [1.54, 1.807) is 0 Å². The van der Waals surface area contributed by atoms with E-state index in [9.17, 15) is 0 Å². The molecule has 2 aliphatic rings. The minimum Gasteiger partial charge on any atom is -0.382 e. The predicted molar refractivity (Wildman–Crippen MR) is 59.0 cm³/mol. The summed E-state index contributed by atoms with van der Waals surface area (Å²) in [4.78, 5) is 0. The number of ether oxygens (including phenoxy) is 2. The van der Waals surface area contributed by atoms with Crippen LogP contribution >= 0.6 is 0 Å². The van der Waals surface area contributed by atoms with Crippen LogP contribution in [0.2, 0.25) is 0 Å². The van der Waals surface area contributed by atoms with Crippen molar-refractivity contribution in [3.05, 3.63) is 12.3 Å². The van der Waals surface area contributed by atoms with Gasteiger partial charge in [0.05, 0.1) is 18.2 Å². The Bertz CT molecular complexity index is 371. The number of aromatic nitrogens is 2. The van der Waals surface area contributed by atoms with Crippen molar-refractivity contribution < 1.29 is 9.47 Å². The molecule has 0 aromatic carbocycles. The minimum atomic E-state index is -0.0658. The van der Waals surface area contributed by atoms with E-state index in [-0.39, 0.29) is 5.60 Å². The van der Waals surface area contributed by atoms with E-state index in [1.165, 1.54) is 0 Å². The molecule has 2 atom stereocenters. The lowest BCUT2D eigenvalue weighted by molar-refractivity contribution is -0.0962. The van der Waals surface area contributed by atoms with Crippen molar-refractivity contribution in [2.75, 3.05) is 25.6 Å². The summed E-state index contributed by atoms with van der Waals surface area (Å²) in [5.74, 6) is 0.586. The van der Waals surface area contributed by atoms with Gasteiger partial charge in [-0.2, -0.15) is 5.10 Å². The third-order valence-corrected chi connectivity index (χ3v) is 3.54. The molecule has 3 rings (SSSR count). The topological polar surface area (TPSA) is 62.3 Å². The smallest absolute Gasteiger partial charge is 0.145 e. The SMILES string of the molecule is Nc1ccn(C2CCOC3(CCOC3)C2)n1. The summed E-state index contributed by atoms with van der Waals surface area (Å²) in [5, 5.41) is 4.29. The Labute approximate surface area is 94.5 Å². The highest BCUT2D eigenvalue weighted by Crippen LogP contribution is 2.37.